The fourth-order valence-corrected chi connectivity index (χ4v) is 2.67. The molecule has 1 aliphatic heterocycles. The maximum absolute atomic E-state index is 12.6. The van der Waals surface area contributed by atoms with Gasteiger partial charge in [-0.25, -0.2) is 0 Å². The van der Waals surface area contributed by atoms with E-state index in [9.17, 15) is 9.59 Å². The molecule has 0 saturated heterocycles. The maximum Gasteiger partial charge on any atom is 0.311 e. The molecule has 0 spiro atoms. The fourth-order valence-electron chi connectivity index (χ4n) is 2.67. The van der Waals surface area contributed by atoms with Crippen LogP contribution in [0.15, 0.2) is 24.8 Å². The first-order valence-corrected chi connectivity index (χ1v) is 7.52. The number of benzene rings is 1. The van der Waals surface area contributed by atoms with Gasteiger partial charge in [-0.1, -0.05) is 24.8 Å². The Morgan fingerprint density at radius 3 is 2.82 bits per heavy atom. The molecule has 0 fully saturated rings. The molecule has 0 aliphatic carbocycles. The van der Waals surface area contributed by atoms with Gasteiger partial charge in [-0.3, -0.25) is 9.59 Å². The Bertz CT molecular complexity index is 604. The fraction of sp³-hybridized carbons (Fsp3) is 0.444. The zero-order chi connectivity index (χ0) is 16.3. The van der Waals surface area contributed by atoms with Gasteiger partial charge in [0.2, 0.25) is 0 Å². The topological polar surface area (TPSA) is 46.6 Å². The summed E-state index contributed by atoms with van der Waals surface area (Å²) in [5.41, 5.74) is 2.19. The zero-order valence-corrected chi connectivity index (χ0v) is 13.5. The summed E-state index contributed by atoms with van der Waals surface area (Å²) in [6.07, 6.45) is 3.17. The molecule has 4 heteroatoms. The molecule has 4 nitrogen and oxygen atoms in total. The number of hydrogen-bond donors (Lipinski definition) is 0. The average molecular weight is 301 g/mol. The van der Waals surface area contributed by atoms with Crippen LogP contribution in [0, 0.1) is 5.41 Å². The number of methoxy groups -OCH3 is 1. The second-order valence-corrected chi connectivity index (χ2v) is 6.29. The minimum atomic E-state index is -0.585. The molecule has 0 radical (unpaired) electrons. The van der Waals surface area contributed by atoms with Crippen LogP contribution < -0.4 is 0 Å². The molecule has 1 aromatic rings. The van der Waals surface area contributed by atoms with E-state index < -0.39 is 5.41 Å². The van der Waals surface area contributed by atoms with Gasteiger partial charge in [-0.15, -0.1) is 0 Å². The van der Waals surface area contributed by atoms with E-state index in [1.54, 1.807) is 6.08 Å². The molecular formula is C18H23NO3. The van der Waals surface area contributed by atoms with Crippen LogP contribution in [0.1, 0.15) is 41.8 Å². The van der Waals surface area contributed by atoms with Gasteiger partial charge in [-0.2, -0.15) is 0 Å². The third-order valence-corrected chi connectivity index (χ3v) is 4.28. The van der Waals surface area contributed by atoms with Gasteiger partial charge >= 0.3 is 5.97 Å². The maximum atomic E-state index is 12.6. The standard InChI is InChI=1S/C18H23NO3/c1-5-13-6-7-14-8-10-19(16(20)15(14)12-13)11-9-18(2,3)17(21)22-4/h5-7,12H,1,8-11H2,2-4H3. The molecule has 0 saturated carbocycles. The molecular weight excluding hydrogens is 278 g/mol. The summed E-state index contributed by atoms with van der Waals surface area (Å²) in [6.45, 7) is 8.68. The lowest BCUT2D eigenvalue weighted by molar-refractivity contribution is -0.151. The van der Waals surface area contributed by atoms with Gasteiger partial charge in [0.05, 0.1) is 12.5 Å². The highest BCUT2D eigenvalue weighted by Crippen LogP contribution is 2.25. The molecule has 0 unspecified atom stereocenters. The van der Waals surface area contributed by atoms with Crippen molar-refractivity contribution in [3.8, 4) is 0 Å². The molecule has 1 amide bonds. The highest BCUT2D eigenvalue weighted by Gasteiger charge is 2.31. The van der Waals surface area contributed by atoms with Gasteiger partial charge in [0.1, 0.15) is 0 Å². The normalized spacial score (nSPS) is 14.5. The van der Waals surface area contributed by atoms with E-state index in [0.29, 0.717) is 19.5 Å². The number of carbonyl (C=O) groups is 2. The Labute approximate surface area is 131 Å². The first-order chi connectivity index (χ1) is 10.4. The van der Waals surface area contributed by atoms with Crippen molar-refractivity contribution in [3.63, 3.8) is 0 Å². The summed E-state index contributed by atoms with van der Waals surface area (Å²) >= 11 is 0. The second kappa shape index (κ2) is 6.34. The van der Waals surface area contributed by atoms with Crippen molar-refractivity contribution in [3.05, 3.63) is 41.5 Å². The van der Waals surface area contributed by atoms with Crippen molar-refractivity contribution in [2.75, 3.05) is 20.2 Å². The number of esters is 1. The lowest BCUT2D eigenvalue weighted by Crippen LogP contribution is -2.40. The van der Waals surface area contributed by atoms with Gasteiger partial charge < -0.3 is 9.64 Å². The number of ether oxygens (including phenoxy) is 1. The summed E-state index contributed by atoms with van der Waals surface area (Å²) < 4.78 is 4.81. The van der Waals surface area contributed by atoms with Gasteiger partial charge in [0.15, 0.2) is 0 Å². The first-order valence-electron chi connectivity index (χ1n) is 7.52. The summed E-state index contributed by atoms with van der Waals surface area (Å²) in [7, 11) is 1.39. The summed E-state index contributed by atoms with van der Waals surface area (Å²) in [6, 6.07) is 5.87. The minimum absolute atomic E-state index is 0.0330. The summed E-state index contributed by atoms with van der Waals surface area (Å²) in [5, 5.41) is 0. The quantitative estimate of drug-likeness (QED) is 0.786. The van der Waals surface area contributed by atoms with Crippen LogP contribution in [0.4, 0.5) is 0 Å². The van der Waals surface area contributed by atoms with E-state index >= 15 is 0 Å². The molecule has 1 heterocycles. The van der Waals surface area contributed by atoms with Crippen LogP contribution in [0.3, 0.4) is 0 Å². The Morgan fingerprint density at radius 1 is 1.45 bits per heavy atom. The lowest BCUT2D eigenvalue weighted by atomic mass is 9.88. The second-order valence-electron chi connectivity index (χ2n) is 6.29. The van der Waals surface area contributed by atoms with Crippen molar-refractivity contribution in [2.24, 2.45) is 5.41 Å². The number of carbonyl (C=O) groups excluding carboxylic acids is 2. The molecule has 0 N–H and O–H groups in total. The SMILES string of the molecule is C=Cc1ccc2c(c1)C(=O)N(CCC(C)(C)C(=O)OC)CC2. The lowest BCUT2D eigenvalue weighted by Gasteiger charge is -2.31. The van der Waals surface area contributed by atoms with Crippen molar-refractivity contribution in [1.82, 2.24) is 4.90 Å². The van der Waals surface area contributed by atoms with Gasteiger partial charge in [0, 0.05) is 18.7 Å². The first kappa shape index (κ1) is 16.3. The molecule has 2 rings (SSSR count). The number of hydrogen-bond acceptors (Lipinski definition) is 3. The predicted octanol–water partition coefficient (Wildman–Crippen LogP) is 2.92. The summed E-state index contributed by atoms with van der Waals surface area (Å²) in [4.78, 5) is 26.2. The average Bonchev–Trinajstić information content (AvgIpc) is 2.53. The van der Waals surface area contributed by atoms with E-state index in [0.717, 1.165) is 23.1 Å². The van der Waals surface area contributed by atoms with Crippen LogP contribution in [-0.2, 0) is 16.0 Å². The van der Waals surface area contributed by atoms with Crippen LogP contribution >= 0.6 is 0 Å². The predicted molar refractivity (Wildman–Crippen MR) is 86.6 cm³/mol. The summed E-state index contributed by atoms with van der Waals surface area (Å²) in [5.74, 6) is -0.211. The third-order valence-electron chi connectivity index (χ3n) is 4.28. The van der Waals surface area contributed by atoms with Crippen molar-refractivity contribution < 1.29 is 14.3 Å². The molecule has 1 aromatic carbocycles. The molecule has 1 aliphatic rings. The number of rotatable bonds is 5. The van der Waals surface area contributed by atoms with Crippen molar-refractivity contribution in [2.45, 2.75) is 26.7 Å². The van der Waals surface area contributed by atoms with Crippen LogP contribution in [0.5, 0.6) is 0 Å². The third kappa shape index (κ3) is 3.21. The van der Waals surface area contributed by atoms with E-state index in [-0.39, 0.29) is 11.9 Å². The highest BCUT2D eigenvalue weighted by atomic mass is 16.5. The van der Waals surface area contributed by atoms with Crippen molar-refractivity contribution in [1.29, 1.82) is 0 Å². The molecule has 22 heavy (non-hydrogen) atoms. The largest absolute Gasteiger partial charge is 0.469 e. The van der Waals surface area contributed by atoms with Crippen LogP contribution in [0.25, 0.3) is 6.08 Å². The monoisotopic (exact) mass is 301 g/mol. The molecule has 0 aromatic heterocycles. The van der Waals surface area contributed by atoms with E-state index in [1.165, 1.54) is 7.11 Å². The van der Waals surface area contributed by atoms with Crippen LogP contribution in [0.2, 0.25) is 0 Å². The Balaban J connectivity index is 2.10. The number of nitrogens with zero attached hydrogens (tertiary/aromatic N) is 1. The Hall–Kier alpha value is -2.10. The van der Waals surface area contributed by atoms with E-state index in [4.69, 9.17) is 4.74 Å². The Morgan fingerprint density at radius 2 is 2.18 bits per heavy atom. The molecule has 0 bridgehead atoms. The molecule has 118 valence electrons. The number of amides is 1. The Kier molecular flexibility index (Phi) is 4.69. The van der Waals surface area contributed by atoms with Gasteiger partial charge in [-0.05, 0) is 43.9 Å². The van der Waals surface area contributed by atoms with Gasteiger partial charge in [0.25, 0.3) is 5.91 Å². The van der Waals surface area contributed by atoms with Crippen LogP contribution in [-0.4, -0.2) is 37.0 Å². The smallest absolute Gasteiger partial charge is 0.311 e. The highest BCUT2D eigenvalue weighted by molar-refractivity contribution is 5.97. The number of fused-ring (bicyclic) bond motifs is 1. The van der Waals surface area contributed by atoms with Crippen molar-refractivity contribution >= 4 is 18.0 Å². The minimum Gasteiger partial charge on any atom is -0.469 e. The molecule has 0 atom stereocenters. The van der Waals surface area contributed by atoms with E-state index in [1.807, 2.05) is 36.9 Å². The van der Waals surface area contributed by atoms with E-state index in [2.05, 4.69) is 6.58 Å². The zero-order valence-electron chi connectivity index (χ0n) is 13.5.